The molecule has 2 nitrogen and oxygen atoms in total. The summed E-state index contributed by atoms with van der Waals surface area (Å²) in [7, 11) is 0. The van der Waals surface area contributed by atoms with Crippen molar-refractivity contribution in [1.29, 1.82) is 0 Å². The van der Waals surface area contributed by atoms with Crippen LogP contribution in [0.1, 0.15) is 0 Å². The Morgan fingerprint density at radius 1 is 1.44 bits per heavy atom. The minimum absolute atomic E-state index is 0.235. The van der Waals surface area contributed by atoms with Gasteiger partial charge in [-0.1, -0.05) is 0 Å². The summed E-state index contributed by atoms with van der Waals surface area (Å²) in [5, 5.41) is 3.76. The Kier molecular flexibility index (Phi) is 1.97. The van der Waals surface area contributed by atoms with Gasteiger partial charge in [0.1, 0.15) is 0 Å². The molecular weight excluding hydrogens is 126 g/mol. The third kappa shape index (κ3) is 1.37. The van der Waals surface area contributed by atoms with Crippen LogP contribution in [0.3, 0.4) is 0 Å². The largest absolute Gasteiger partial charge is 0.326 e. The van der Waals surface area contributed by atoms with Crippen molar-refractivity contribution in [1.82, 2.24) is 5.32 Å². The highest BCUT2D eigenvalue weighted by atomic mass is 19.3. The lowest BCUT2D eigenvalue weighted by Crippen LogP contribution is -2.32. The van der Waals surface area contributed by atoms with E-state index in [2.05, 4.69) is 5.32 Å². The molecule has 53 valence electrons. The summed E-state index contributed by atoms with van der Waals surface area (Å²) < 4.78 is 23.7. The fourth-order valence-electron chi connectivity index (χ4n) is 0.910. The van der Waals surface area contributed by atoms with Gasteiger partial charge in [0.25, 0.3) is 0 Å². The molecule has 2 unspecified atom stereocenters. The van der Waals surface area contributed by atoms with E-state index in [0.29, 0.717) is 6.54 Å². The smallest absolute Gasteiger partial charge is 0.244 e. The van der Waals surface area contributed by atoms with Crippen LogP contribution < -0.4 is 11.1 Å². The van der Waals surface area contributed by atoms with Crippen LogP contribution in [0.4, 0.5) is 8.78 Å². The third-order valence-electron chi connectivity index (χ3n) is 1.55. The summed E-state index contributed by atoms with van der Waals surface area (Å²) >= 11 is 0. The SMILES string of the molecule is NC1C[N]CC1C(F)F. The van der Waals surface area contributed by atoms with Gasteiger partial charge in [0.15, 0.2) is 0 Å². The standard InChI is InChI=1S/C5H9F2N2/c6-5(7)3-1-9-2-4(3)8/h3-5H,1-2,8H2. The second-order valence-electron chi connectivity index (χ2n) is 2.25. The van der Waals surface area contributed by atoms with Gasteiger partial charge in [0, 0.05) is 19.1 Å². The van der Waals surface area contributed by atoms with Gasteiger partial charge in [0.05, 0.1) is 5.92 Å². The van der Waals surface area contributed by atoms with E-state index >= 15 is 0 Å². The van der Waals surface area contributed by atoms with Gasteiger partial charge >= 0.3 is 0 Å². The molecule has 0 amide bonds. The van der Waals surface area contributed by atoms with Crippen molar-refractivity contribution in [3.8, 4) is 0 Å². The van der Waals surface area contributed by atoms with Crippen molar-refractivity contribution in [3.05, 3.63) is 0 Å². The van der Waals surface area contributed by atoms with Crippen molar-refractivity contribution in [3.63, 3.8) is 0 Å². The van der Waals surface area contributed by atoms with E-state index < -0.39 is 18.4 Å². The van der Waals surface area contributed by atoms with Gasteiger partial charge in [-0.05, 0) is 0 Å². The fraction of sp³-hybridized carbons (Fsp3) is 1.00. The summed E-state index contributed by atoms with van der Waals surface area (Å²) in [5.74, 6) is -0.690. The van der Waals surface area contributed by atoms with Crippen LogP contribution >= 0.6 is 0 Å². The van der Waals surface area contributed by atoms with Crippen molar-refractivity contribution < 1.29 is 8.78 Å². The molecular formula is C5H9F2N2. The monoisotopic (exact) mass is 135 g/mol. The maximum atomic E-state index is 11.9. The van der Waals surface area contributed by atoms with Gasteiger partial charge in [-0.3, -0.25) is 0 Å². The Labute approximate surface area is 52.4 Å². The van der Waals surface area contributed by atoms with E-state index in [1.807, 2.05) is 0 Å². The second kappa shape index (κ2) is 2.58. The molecule has 0 aromatic heterocycles. The van der Waals surface area contributed by atoms with Crippen LogP contribution in [-0.4, -0.2) is 25.6 Å². The highest BCUT2D eigenvalue weighted by Gasteiger charge is 2.31. The first-order valence-corrected chi connectivity index (χ1v) is 2.89. The summed E-state index contributed by atoms with van der Waals surface area (Å²) in [6.45, 7) is 0.633. The van der Waals surface area contributed by atoms with Crippen LogP contribution in [-0.2, 0) is 0 Å². The average Bonchev–Trinajstić information content (AvgIpc) is 2.13. The molecule has 2 N–H and O–H groups in total. The van der Waals surface area contributed by atoms with Crippen molar-refractivity contribution in [2.75, 3.05) is 13.1 Å². The minimum atomic E-state index is -2.30. The molecule has 9 heavy (non-hydrogen) atoms. The highest BCUT2D eigenvalue weighted by Crippen LogP contribution is 2.16. The average molecular weight is 135 g/mol. The number of alkyl halides is 2. The number of halogens is 2. The Morgan fingerprint density at radius 3 is 2.33 bits per heavy atom. The van der Waals surface area contributed by atoms with E-state index in [1.54, 1.807) is 0 Å². The predicted octanol–water partition coefficient (Wildman–Crippen LogP) is -0.187. The molecule has 4 heteroatoms. The molecule has 0 aromatic carbocycles. The lowest BCUT2D eigenvalue weighted by atomic mass is 10.1. The molecule has 0 spiro atoms. The van der Waals surface area contributed by atoms with Gasteiger partial charge in [-0.25, -0.2) is 14.1 Å². The number of hydrogen-bond acceptors (Lipinski definition) is 1. The molecule has 2 atom stereocenters. The van der Waals surface area contributed by atoms with E-state index in [9.17, 15) is 8.78 Å². The van der Waals surface area contributed by atoms with Crippen LogP contribution in [0.15, 0.2) is 0 Å². The van der Waals surface area contributed by atoms with Crippen molar-refractivity contribution in [2.24, 2.45) is 11.7 Å². The Hall–Kier alpha value is -0.220. The third-order valence-corrected chi connectivity index (χ3v) is 1.55. The van der Waals surface area contributed by atoms with Gasteiger partial charge in [-0.15, -0.1) is 0 Å². The molecule has 1 saturated heterocycles. The van der Waals surface area contributed by atoms with Crippen molar-refractivity contribution in [2.45, 2.75) is 12.5 Å². The Bertz CT molecular complexity index is 97.0. The number of hydrogen-bond donors (Lipinski definition) is 1. The fourth-order valence-corrected chi connectivity index (χ4v) is 0.910. The first-order chi connectivity index (χ1) is 4.22. The van der Waals surface area contributed by atoms with Crippen LogP contribution in [0, 0.1) is 5.92 Å². The summed E-state index contributed by atoms with van der Waals surface area (Å²) in [6.07, 6.45) is -2.30. The topological polar surface area (TPSA) is 40.1 Å². The number of nitrogens with two attached hydrogens (primary N) is 1. The maximum absolute atomic E-state index is 11.9. The van der Waals surface area contributed by atoms with Crippen LogP contribution in [0.2, 0.25) is 0 Å². The first kappa shape index (κ1) is 6.89. The zero-order chi connectivity index (χ0) is 6.85. The molecule has 0 aromatic rings. The normalized spacial score (nSPS) is 36.0. The molecule has 0 aliphatic carbocycles. The van der Waals surface area contributed by atoms with Gasteiger partial charge in [-0.2, -0.15) is 0 Å². The summed E-state index contributed by atoms with van der Waals surface area (Å²) in [4.78, 5) is 0. The molecule has 0 saturated carbocycles. The maximum Gasteiger partial charge on any atom is 0.244 e. The van der Waals surface area contributed by atoms with Crippen molar-refractivity contribution >= 4 is 0 Å². The summed E-state index contributed by atoms with van der Waals surface area (Å²) in [5.41, 5.74) is 5.31. The van der Waals surface area contributed by atoms with Crippen LogP contribution in [0.25, 0.3) is 0 Å². The molecule has 1 aliphatic heterocycles. The molecule has 1 fully saturated rings. The Morgan fingerprint density at radius 2 is 2.11 bits per heavy atom. The highest BCUT2D eigenvalue weighted by molar-refractivity contribution is 4.84. The molecule has 1 rings (SSSR count). The Balaban J connectivity index is 2.40. The number of rotatable bonds is 1. The molecule has 0 bridgehead atoms. The zero-order valence-electron chi connectivity index (χ0n) is 4.93. The molecule has 1 radical (unpaired) electrons. The molecule has 1 aliphatic rings. The summed E-state index contributed by atoms with van der Waals surface area (Å²) in [6, 6.07) is -0.412. The van der Waals surface area contributed by atoms with E-state index in [1.165, 1.54) is 0 Å². The van der Waals surface area contributed by atoms with Crippen LogP contribution in [0.5, 0.6) is 0 Å². The lowest BCUT2D eigenvalue weighted by Gasteiger charge is -2.10. The van der Waals surface area contributed by atoms with E-state index in [0.717, 1.165) is 0 Å². The van der Waals surface area contributed by atoms with Gasteiger partial charge < -0.3 is 5.73 Å². The quantitative estimate of drug-likeness (QED) is 0.532. The van der Waals surface area contributed by atoms with E-state index in [4.69, 9.17) is 5.73 Å². The number of nitrogens with zero attached hydrogens (tertiary/aromatic N) is 1. The van der Waals surface area contributed by atoms with Gasteiger partial charge in [0.2, 0.25) is 6.43 Å². The minimum Gasteiger partial charge on any atom is -0.326 e. The lowest BCUT2D eigenvalue weighted by molar-refractivity contribution is 0.0797. The second-order valence-corrected chi connectivity index (χ2v) is 2.25. The predicted molar refractivity (Wildman–Crippen MR) is 29.3 cm³/mol. The van der Waals surface area contributed by atoms with E-state index in [-0.39, 0.29) is 6.54 Å². The molecule has 1 heterocycles. The zero-order valence-corrected chi connectivity index (χ0v) is 4.93. The first-order valence-electron chi connectivity index (χ1n) is 2.89.